The van der Waals surface area contributed by atoms with Crippen molar-refractivity contribution < 1.29 is 4.79 Å². The number of urea groups is 1. The second kappa shape index (κ2) is 5.70. The van der Waals surface area contributed by atoms with E-state index in [0.717, 1.165) is 0 Å². The summed E-state index contributed by atoms with van der Waals surface area (Å²) in [5.41, 5.74) is 0.537. The van der Waals surface area contributed by atoms with E-state index in [0.29, 0.717) is 11.3 Å². The summed E-state index contributed by atoms with van der Waals surface area (Å²) in [6.45, 7) is 3.76. The summed E-state index contributed by atoms with van der Waals surface area (Å²) in [6.07, 6.45) is 0. The number of carbonyl (C=O) groups is 1. The lowest BCUT2D eigenvalue weighted by Gasteiger charge is -2.16. The second-order valence-corrected chi connectivity index (χ2v) is 4.49. The van der Waals surface area contributed by atoms with E-state index < -0.39 is 5.41 Å². The summed E-state index contributed by atoms with van der Waals surface area (Å²) >= 11 is 0. The first-order valence-corrected chi connectivity index (χ1v) is 5.43. The smallest absolute Gasteiger partial charge is 0.319 e. The van der Waals surface area contributed by atoms with Gasteiger partial charge in [0.05, 0.1) is 23.1 Å². The van der Waals surface area contributed by atoms with Crippen LogP contribution in [0.3, 0.4) is 0 Å². The van der Waals surface area contributed by atoms with Gasteiger partial charge in [0.15, 0.2) is 0 Å². The summed E-state index contributed by atoms with van der Waals surface area (Å²) in [5, 5.41) is 22.7. The Balaban J connectivity index is 2.50. The minimum Gasteiger partial charge on any atom is -0.336 e. The van der Waals surface area contributed by atoms with Gasteiger partial charge in [0, 0.05) is 12.2 Å². The van der Waals surface area contributed by atoms with E-state index in [1.54, 1.807) is 38.1 Å². The number of benzene rings is 1. The molecule has 1 aromatic rings. The zero-order chi connectivity index (χ0) is 13.6. The molecule has 0 saturated carbocycles. The first-order chi connectivity index (χ1) is 8.46. The molecular formula is C13H14N4O. The van der Waals surface area contributed by atoms with Gasteiger partial charge in [-0.25, -0.2) is 4.79 Å². The zero-order valence-corrected chi connectivity index (χ0v) is 10.3. The van der Waals surface area contributed by atoms with Crippen molar-refractivity contribution in [3.63, 3.8) is 0 Å². The Morgan fingerprint density at radius 1 is 1.28 bits per heavy atom. The number of nitriles is 2. The van der Waals surface area contributed by atoms with Crippen LogP contribution in [0.5, 0.6) is 0 Å². The van der Waals surface area contributed by atoms with Crippen LogP contribution in [0, 0.1) is 28.1 Å². The molecular weight excluding hydrogens is 228 g/mol. The Bertz CT molecular complexity index is 505. The summed E-state index contributed by atoms with van der Waals surface area (Å²) in [7, 11) is 0. The Kier molecular flexibility index (Phi) is 4.28. The lowest BCUT2D eigenvalue weighted by Crippen LogP contribution is -2.36. The minimum absolute atomic E-state index is 0.269. The van der Waals surface area contributed by atoms with Gasteiger partial charge in [-0.15, -0.1) is 0 Å². The van der Waals surface area contributed by atoms with Crippen LogP contribution >= 0.6 is 0 Å². The van der Waals surface area contributed by atoms with E-state index in [1.165, 1.54) is 0 Å². The van der Waals surface area contributed by atoms with Gasteiger partial charge in [-0.05, 0) is 38.1 Å². The van der Waals surface area contributed by atoms with Crippen LogP contribution in [-0.4, -0.2) is 12.6 Å². The number of amides is 2. The highest BCUT2D eigenvalue weighted by atomic mass is 16.2. The van der Waals surface area contributed by atoms with E-state index in [2.05, 4.69) is 16.7 Å². The van der Waals surface area contributed by atoms with Gasteiger partial charge < -0.3 is 10.6 Å². The number of rotatable bonds is 3. The summed E-state index contributed by atoms with van der Waals surface area (Å²) in [6, 6.07) is 10.3. The maximum atomic E-state index is 11.5. The maximum absolute atomic E-state index is 11.5. The predicted octanol–water partition coefficient (Wildman–Crippen LogP) is 2.23. The van der Waals surface area contributed by atoms with Gasteiger partial charge in [-0.1, -0.05) is 0 Å². The molecule has 2 N–H and O–H groups in total. The van der Waals surface area contributed by atoms with Gasteiger partial charge >= 0.3 is 6.03 Å². The molecule has 0 aliphatic rings. The molecule has 0 aliphatic carbocycles. The summed E-state index contributed by atoms with van der Waals surface area (Å²) in [4.78, 5) is 11.5. The van der Waals surface area contributed by atoms with Crippen LogP contribution < -0.4 is 10.6 Å². The molecule has 2 amide bonds. The first-order valence-electron chi connectivity index (χ1n) is 5.43. The molecule has 0 aromatic heterocycles. The van der Waals surface area contributed by atoms with E-state index in [9.17, 15) is 4.79 Å². The predicted molar refractivity (Wildman–Crippen MR) is 67.6 cm³/mol. The van der Waals surface area contributed by atoms with Crippen LogP contribution in [0.15, 0.2) is 24.3 Å². The lowest BCUT2D eigenvalue weighted by molar-refractivity contribution is 0.249. The van der Waals surface area contributed by atoms with Gasteiger partial charge in [-0.2, -0.15) is 10.5 Å². The fraction of sp³-hybridized carbons (Fsp3) is 0.308. The fourth-order valence-corrected chi connectivity index (χ4v) is 1.14. The number of nitrogens with zero attached hydrogens (tertiary/aromatic N) is 2. The molecule has 92 valence electrons. The molecule has 1 rings (SSSR count). The average molecular weight is 242 g/mol. The maximum Gasteiger partial charge on any atom is 0.319 e. The highest BCUT2D eigenvalue weighted by molar-refractivity contribution is 5.89. The molecule has 0 radical (unpaired) electrons. The molecule has 0 fully saturated rings. The third kappa shape index (κ3) is 4.15. The average Bonchev–Trinajstić information content (AvgIpc) is 2.37. The molecule has 0 saturated heterocycles. The topological polar surface area (TPSA) is 88.7 Å². The Morgan fingerprint density at radius 3 is 2.39 bits per heavy atom. The zero-order valence-electron chi connectivity index (χ0n) is 10.3. The van der Waals surface area contributed by atoms with Crippen molar-refractivity contribution in [2.75, 3.05) is 11.9 Å². The Hall–Kier alpha value is -2.53. The number of anilines is 1. The lowest BCUT2D eigenvalue weighted by atomic mass is 9.96. The monoisotopic (exact) mass is 242 g/mol. The van der Waals surface area contributed by atoms with E-state index in [-0.39, 0.29) is 12.6 Å². The summed E-state index contributed by atoms with van der Waals surface area (Å²) < 4.78 is 0. The van der Waals surface area contributed by atoms with Crippen molar-refractivity contribution >= 4 is 11.7 Å². The quantitative estimate of drug-likeness (QED) is 0.851. The second-order valence-electron chi connectivity index (χ2n) is 4.49. The Labute approximate surface area is 106 Å². The standard InChI is InChI=1S/C13H14N4O/c1-13(2,8-15)9-16-12(18)17-11-5-3-10(7-14)4-6-11/h3-6H,9H2,1-2H3,(H2,16,17,18). The molecule has 0 heterocycles. The van der Waals surface area contributed by atoms with Crippen LogP contribution in [0.4, 0.5) is 10.5 Å². The summed E-state index contributed by atoms with van der Waals surface area (Å²) in [5.74, 6) is 0. The van der Waals surface area contributed by atoms with Crippen molar-refractivity contribution in [3.05, 3.63) is 29.8 Å². The molecule has 0 spiro atoms. The fourth-order valence-electron chi connectivity index (χ4n) is 1.14. The minimum atomic E-state index is -0.595. The van der Waals surface area contributed by atoms with Gasteiger partial charge in [0.1, 0.15) is 0 Å². The van der Waals surface area contributed by atoms with Crippen LogP contribution in [0.25, 0.3) is 0 Å². The first kappa shape index (κ1) is 13.5. The van der Waals surface area contributed by atoms with Crippen molar-refractivity contribution in [1.82, 2.24) is 5.32 Å². The van der Waals surface area contributed by atoms with Gasteiger partial charge in [0.2, 0.25) is 0 Å². The van der Waals surface area contributed by atoms with Crippen molar-refractivity contribution in [2.45, 2.75) is 13.8 Å². The van der Waals surface area contributed by atoms with Crippen LogP contribution in [0.2, 0.25) is 0 Å². The number of carbonyl (C=O) groups excluding carboxylic acids is 1. The van der Waals surface area contributed by atoms with Crippen LogP contribution in [-0.2, 0) is 0 Å². The van der Waals surface area contributed by atoms with Crippen molar-refractivity contribution in [1.29, 1.82) is 10.5 Å². The SMILES string of the molecule is CC(C)(C#N)CNC(=O)Nc1ccc(C#N)cc1. The van der Waals surface area contributed by atoms with E-state index >= 15 is 0 Å². The highest BCUT2D eigenvalue weighted by Crippen LogP contribution is 2.11. The highest BCUT2D eigenvalue weighted by Gasteiger charge is 2.17. The largest absolute Gasteiger partial charge is 0.336 e. The van der Waals surface area contributed by atoms with Gasteiger partial charge in [-0.3, -0.25) is 0 Å². The van der Waals surface area contributed by atoms with E-state index in [1.807, 2.05) is 6.07 Å². The molecule has 0 atom stereocenters. The third-order valence-electron chi connectivity index (χ3n) is 2.27. The molecule has 0 bridgehead atoms. The van der Waals surface area contributed by atoms with Crippen LogP contribution in [0.1, 0.15) is 19.4 Å². The molecule has 5 nitrogen and oxygen atoms in total. The van der Waals surface area contributed by atoms with E-state index in [4.69, 9.17) is 10.5 Å². The Morgan fingerprint density at radius 2 is 1.89 bits per heavy atom. The molecule has 0 aliphatic heterocycles. The van der Waals surface area contributed by atoms with Gasteiger partial charge in [0.25, 0.3) is 0 Å². The number of hydrogen-bond donors (Lipinski definition) is 2. The number of hydrogen-bond acceptors (Lipinski definition) is 3. The number of nitrogens with one attached hydrogen (secondary N) is 2. The van der Waals surface area contributed by atoms with Crippen molar-refractivity contribution in [2.24, 2.45) is 5.41 Å². The third-order valence-corrected chi connectivity index (χ3v) is 2.27. The normalized spacial score (nSPS) is 10.0. The molecule has 1 aromatic carbocycles. The molecule has 5 heteroatoms. The van der Waals surface area contributed by atoms with Crippen molar-refractivity contribution in [3.8, 4) is 12.1 Å². The molecule has 0 unspecified atom stereocenters. The molecule has 18 heavy (non-hydrogen) atoms.